The molecular weight excluding hydrogens is 366 g/mol. The molecule has 2 heterocycles. The van der Waals surface area contributed by atoms with E-state index in [1.165, 1.54) is 5.56 Å². The maximum absolute atomic E-state index is 5.28. The molecule has 0 aliphatic heterocycles. The van der Waals surface area contributed by atoms with Crippen LogP contribution in [0, 0.1) is 0 Å². The Morgan fingerprint density at radius 2 is 1.64 bits per heavy atom. The summed E-state index contributed by atoms with van der Waals surface area (Å²) in [6.07, 6.45) is 1.61. The summed E-state index contributed by atoms with van der Waals surface area (Å²) in [5.41, 5.74) is 4.69. The lowest BCUT2D eigenvalue weighted by Crippen LogP contribution is -2.10. The first-order chi connectivity index (χ1) is 13.5. The molecule has 4 aromatic rings. The van der Waals surface area contributed by atoms with Gasteiger partial charge in [0.25, 0.3) is 0 Å². The second-order valence-corrected chi connectivity index (χ2v) is 8.59. The van der Waals surface area contributed by atoms with Gasteiger partial charge in [0.05, 0.1) is 12.5 Å². The highest BCUT2D eigenvalue weighted by Gasteiger charge is 2.15. The molecule has 2 aromatic carbocycles. The molecule has 5 heteroatoms. The summed E-state index contributed by atoms with van der Waals surface area (Å²) < 4.78 is 5.28. The van der Waals surface area contributed by atoms with E-state index in [1.807, 2.05) is 12.1 Å². The van der Waals surface area contributed by atoms with Crippen molar-refractivity contribution in [1.29, 1.82) is 0 Å². The zero-order valence-corrected chi connectivity index (χ0v) is 17.3. The van der Waals surface area contributed by atoms with Crippen LogP contribution in [-0.2, 0) is 5.41 Å². The van der Waals surface area contributed by atoms with Crippen LogP contribution >= 0.6 is 11.3 Å². The number of thiophene rings is 1. The van der Waals surface area contributed by atoms with Crippen LogP contribution in [0.2, 0.25) is 0 Å². The van der Waals surface area contributed by atoms with E-state index in [9.17, 15) is 0 Å². The zero-order chi connectivity index (χ0) is 19.7. The van der Waals surface area contributed by atoms with E-state index in [4.69, 9.17) is 4.74 Å². The highest BCUT2D eigenvalue weighted by atomic mass is 32.1. The van der Waals surface area contributed by atoms with E-state index in [0.29, 0.717) is 0 Å². The highest BCUT2D eigenvalue weighted by molar-refractivity contribution is 7.17. The Bertz CT molecular complexity index is 1090. The first-order valence-corrected chi connectivity index (χ1v) is 10.1. The Hall–Kier alpha value is -2.92. The lowest BCUT2D eigenvalue weighted by Gasteiger charge is -2.19. The highest BCUT2D eigenvalue weighted by Crippen LogP contribution is 2.38. The number of benzene rings is 2. The summed E-state index contributed by atoms with van der Waals surface area (Å²) in [6, 6.07) is 16.6. The molecule has 0 amide bonds. The van der Waals surface area contributed by atoms with Crippen LogP contribution in [0.3, 0.4) is 0 Å². The second kappa shape index (κ2) is 7.24. The Morgan fingerprint density at radius 1 is 0.929 bits per heavy atom. The van der Waals surface area contributed by atoms with E-state index >= 15 is 0 Å². The van der Waals surface area contributed by atoms with Crippen LogP contribution in [0.5, 0.6) is 5.75 Å². The standard InChI is InChI=1S/C23H23N3OS/c1-23(2,3)16-7-9-17(10-8-16)26-21-20-19(13-28-22(20)25-14-24-21)15-5-11-18(27-4)12-6-15/h5-14H,1-4H3,(H,24,25,26). The van der Waals surface area contributed by atoms with Gasteiger partial charge in [-0.3, -0.25) is 0 Å². The molecular formula is C23H23N3OS. The Labute approximate surface area is 169 Å². The quantitative estimate of drug-likeness (QED) is 0.438. The van der Waals surface area contributed by atoms with Gasteiger partial charge in [-0.15, -0.1) is 11.3 Å². The van der Waals surface area contributed by atoms with Crippen molar-refractivity contribution in [2.45, 2.75) is 26.2 Å². The van der Waals surface area contributed by atoms with Crippen LogP contribution in [0.15, 0.2) is 60.2 Å². The third-order valence-electron chi connectivity index (χ3n) is 4.78. The molecule has 0 radical (unpaired) electrons. The van der Waals surface area contributed by atoms with Crippen molar-refractivity contribution in [3.8, 4) is 16.9 Å². The number of nitrogens with one attached hydrogen (secondary N) is 1. The van der Waals surface area contributed by atoms with Gasteiger partial charge in [0.15, 0.2) is 0 Å². The number of nitrogens with zero attached hydrogens (tertiary/aromatic N) is 2. The van der Waals surface area contributed by atoms with Crippen molar-refractivity contribution in [1.82, 2.24) is 9.97 Å². The van der Waals surface area contributed by atoms with Gasteiger partial charge in [-0.05, 0) is 40.8 Å². The van der Waals surface area contributed by atoms with Crippen molar-refractivity contribution in [3.63, 3.8) is 0 Å². The summed E-state index contributed by atoms with van der Waals surface area (Å²) in [7, 11) is 1.68. The number of rotatable bonds is 4. The average molecular weight is 390 g/mol. The minimum atomic E-state index is 0.135. The predicted molar refractivity (Wildman–Crippen MR) is 118 cm³/mol. The van der Waals surface area contributed by atoms with Crippen molar-refractivity contribution in [2.24, 2.45) is 0 Å². The van der Waals surface area contributed by atoms with Crippen LogP contribution < -0.4 is 10.1 Å². The van der Waals surface area contributed by atoms with E-state index in [0.717, 1.165) is 38.6 Å². The number of aromatic nitrogens is 2. The first kappa shape index (κ1) is 18.4. The van der Waals surface area contributed by atoms with E-state index in [1.54, 1.807) is 24.8 Å². The van der Waals surface area contributed by atoms with Gasteiger partial charge in [-0.1, -0.05) is 45.0 Å². The van der Waals surface area contributed by atoms with Crippen LogP contribution in [0.25, 0.3) is 21.3 Å². The zero-order valence-electron chi connectivity index (χ0n) is 16.5. The molecule has 0 fully saturated rings. The summed E-state index contributed by atoms with van der Waals surface area (Å²) in [4.78, 5) is 9.94. The normalized spacial score (nSPS) is 11.6. The third-order valence-corrected chi connectivity index (χ3v) is 5.67. The molecule has 0 saturated carbocycles. The molecule has 1 N–H and O–H groups in total. The maximum atomic E-state index is 5.28. The van der Waals surface area contributed by atoms with E-state index in [2.05, 4.69) is 77.8 Å². The van der Waals surface area contributed by atoms with Gasteiger partial charge in [0.1, 0.15) is 22.7 Å². The minimum Gasteiger partial charge on any atom is -0.497 e. The largest absolute Gasteiger partial charge is 0.497 e. The summed E-state index contributed by atoms with van der Waals surface area (Å²) in [5, 5.41) is 6.65. The summed E-state index contributed by atoms with van der Waals surface area (Å²) in [5.74, 6) is 1.66. The van der Waals surface area contributed by atoms with Crippen molar-refractivity contribution >= 4 is 33.1 Å². The average Bonchev–Trinajstić information content (AvgIpc) is 3.13. The molecule has 0 bridgehead atoms. The fourth-order valence-electron chi connectivity index (χ4n) is 3.14. The number of hydrogen-bond acceptors (Lipinski definition) is 5. The van der Waals surface area contributed by atoms with Gasteiger partial charge < -0.3 is 10.1 Å². The lowest BCUT2D eigenvalue weighted by molar-refractivity contribution is 0.415. The molecule has 0 aliphatic rings. The van der Waals surface area contributed by atoms with Gasteiger partial charge in [-0.2, -0.15) is 0 Å². The fraction of sp³-hybridized carbons (Fsp3) is 0.217. The number of ether oxygens (including phenoxy) is 1. The lowest BCUT2D eigenvalue weighted by atomic mass is 9.87. The molecule has 4 rings (SSSR count). The molecule has 28 heavy (non-hydrogen) atoms. The maximum Gasteiger partial charge on any atom is 0.143 e. The van der Waals surface area contributed by atoms with Gasteiger partial charge >= 0.3 is 0 Å². The van der Waals surface area contributed by atoms with Gasteiger partial charge in [-0.25, -0.2) is 9.97 Å². The molecule has 0 unspecified atom stereocenters. The molecule has 0 aliphatic carbocycles. The molecule has 4 nitrogen and oxygen atoms in total. The van der Waals surface area contributed by atoms with Crippen molar-refractivity contribution < 1.29 is 4.74 Å². The predicted octanol–water partition coefficient (Wildman–Crippen LogP) is 6.41. The second-order valence-electron chi connectivity index (χ2n) is 7.73. The number of methoxy groups -OCH3 is 1. The van der Waals surface area contributed by atoms with E-state index in [-0.39, 0.29) is 5.41 Å². The number of anilines is 2. The van der Waals surface area contributed by atoms with Gasteiger partial charge in [0, 0.05) is 16.6 Å². The van der Waals surface area contributed by atoms with Crippen molar-refractivity contribution in [2.75, 3.05) is 12.4 Å². The monoisotopic (exact) mass is 389 g/mol. The Kier molecular flexibility index (Phi) is 4.77. The molecule has 0 atom stereocenters. The van der Waals surface area contributed by atoms with Gasteiger partial charge in [0.2, 0.25) is 0 Å². The third kappa shape index (κ3) is 3.58. The van der Waals surface area contributed by atoms with Crippen LogP contribution in [0.4, 0.5) is 11.5 Å². The fourth-order valence-corrected chi connectivity index (χ4v) is 4.06. The van der Waals surface area contributed by atoms with Crippen molar-refractivity contribution in [3.05, 3.63) is 65.8 Å². The molecule has 142 valence electrons. The van der Waals surface area contributed by atoms with Crippen LogP contribution in [-0.4, -0.2) is 17.1 Å². The number of fused-ring (bicyclic) bond motifs is 1. The summed E-state index contributed by atoms with van der Waals surface area (Å²) in [6.45, 7) is 6.65. The SMILES string of the molecule is COc1ccc(-c2csc3ncnc(Nc4ccc(C(C)(C)C)cc4)c23)cc1. The molecule has 0 spiro atoms. The molecule has 2 aromatic heterocycles. The first-order valence-electron chi connectivity index (χ1n) is 9.20. The van der Waals surface area contributed by atoms with Crippen LogP contribution in [0.1, 0.15) is 26.3 Å². The topological polar surface area (TPSA) is 47.0 Å². The minimum absolute atomic E-state index is 0.135. The Morgan fingerprint density at radius 3 is 2.29 bits per heavy atom. The Balaban J connectivity index is 1.72. The molecule has 0 saturated heterocycles. The number of hydrogen-bond donors (Lipinski definition) is 1. The van der Waals surface area contributed by atoms with E-state index < -0.39 is 0 Å². The summed E-state index contributed by atoms with van der Waals surface area (Å²) >= 11 is 1.63. The smallest absolute Gasteiger partial charge is 0.143 e.